The van der Waals surface area contributed by atoms with E-state index in [0.717, 1.165) is 5.56 Å². The van der Waals surface area contributed by atoms with Gasteiger partial charge in [0.25, 0.3) is 5.69 Å². The van der Waals surface area contributed by atoms with Crippen LogP contribution in [0.3, 0.4) is 0 Å². The van der Waals surface area contributed by atoms with Crippen LogP contribution >= 0.6 is 0 Å². The SMILES string of the molecule is Cc1cc([N+](=O)[O-])cnc1NN(C)C. The van der Waals surface area contributed by atoms with Crippen molar-refractivity contribution in [1.29, 1.82) is 0 Å². The molecule has 1 rings (SSSR count). The van der Waals surface area contributed by atoms with Crippen LogP contribution in [0.2, 0.25) is 0 Å². The topological polar surface area (TPSA) is 71.3 Å². The molecule has 0 spiro atoms. The van der Waals surface area contributed by atoms with Crippen LogP contribution in [-0.2, 0) is 0 Å². The number of hydrogen-bond acceptors (Lipinski definition) is 5. The fourth-order valence-corrected chi connectivity index (χ4v) is 0.989. The number of nitrogens with zero attached hydrogens (tertiary/aromatic N) is 3. The Hall–Kier alpha value is -1.69. The average Bonchev–Trinajstić information content (AvgIpc) is 2.07. The predicted molar refractivity (Wildman–Crippen MR) is 52.9 cm³/mol. The number of anilines is 1. The molecule has 0 aliphatic carbocycles. The minimum atomic E-state index is -0.459. The number of hydrazine groups is 1. The van der Waals surface area contributed by atoms with E-state index in [9.17, 15) is 10.1 Å². The summed E-state index contributed by atoms with van der Waals surface area (Å²) in [5.41, 5.74) is 3.69. The number of rotatable bonds is 3. The van der Waals surface area contributed by atoms with E-state index >= 15 is 0 Å². The maximum atomic E-state index is 10.4. The fourth-order valence-electron chi connectivity index (χ4n) is 0.989. The van der Waals surface area contributed by atoms with Gasteiger partial charge in [0, 0.05) is 20.2 Å². The lowest BCUT2D eigenvalue weighted by atomic mass is 10.3. The molecular formula is C8H12N4O2. The molecule has 6 nitrogen and oxygen atoms in total. The third kappa shape index (κ3) is 2.40. The molecule has 14 heavy (non-hydrogen) atoms. The number of aryl methyl sites for hydroxylation is 1. The van der Waals surface area contributed by atoms with Crippen molar-refractivity contribution >= 4 is 11.5 Å². The molecular weight excluding hydrogens is 184 g/mol. The number of hydrogen-bond donors (Lipinski definition) is 1. The molecule has 0 unspecified atom stereocenters. The minimum Gasteiger partial charge on any atom is -0.303 e. The molecule has 0 aliphatic heterocycles. The van der Waals surface area contributed by atoms with E-state index in [1.807, 2.05) is 14.1 Å². The molecule has 0 saturated heterocycles. The molecule has 0 amide bonds. The van der Waals surface area contributed by atoms with E-state index in [0.29, 0.717) is 5.82 Å². The average molecular weight is 196 g/mol. The van der Waals surface area contributed by atoms with Gasteiger partial charge in [-0.25, -0.2) is 9.99 Å². The van der Waals surface area contributed by atoms with E-state index < -0.39 is 4.92 Å². The normalized spacial score (nSPS) is 10.3. The zero-order valence-electron chi connectivity index (χ0n) is 8.31. The lowest BCUT2D eigenvalue weighted by Gasteiger charge is -2.13. The quantitative estimate of drug-likeness (QED) is 0.580. The highest BCUT2D eigenvalue weighted by molar-refractivity contribution is 5.47. The number of nitro groups is 1. The van der Waals surface area contributed by atoms with Gasteiger partial charge in [0.15, 0.2) is 0 Å². The van der Waals surface area contributed by atoms with Crippen LogP contribution in [0.5, 0.6) is 0 Å². The Balaban J connectivity index is 2.95. The van der Waals surface area contributed by atoms with Crippen molar-refractivity contribution in [2.75, 3.05) is 19.5 Å². The highest BCUT2D eigenvalue weighted by Crippen LogP contribution is 2.17. The summed E-state index contributed by atoms with van der Waals surface area (Å²) < 4.78 is 0. The smallest absolute Gasteiger partial charge is 0.287 e. The second-order valence-corrected chi connectivity index (χ2v) is 3.12. The first kappa shape index (κ1) is 10.4. The molecule has 1 aromatic heterocycles. The van der Waals surface area contributed by atoms with E-state index in [1.54, 1.807) is 11.9 Å². The van der Waals surface area contributed by atoms with E-state index in [-0.39, 0.29) is 5.69 Å². The largest absolute Gasteiger partial charge is 0.303 e. The van der Waals surface area contributed by atoms with Gasteiger partial charge in [0.1, 0.15) is 12.0 Å². The van der Waals surface area contributed by atoms with Crippen LogP contribution in [0.1, 0.15) is 5.56 Å². The minimum absolute atomic E-state index is 0.00630. The van der Waals surface area contributed by atoms with Gasteiger partial charge < -0.3 is 5.43 Å². The summed E-state index contributed by atoms with van der Waals surface area (Å²) in [6.45, 7) is 1.77. The Morgan fingerprint density at radius 3 is 2.64 bits per heavy atom. The van der Waals surface area contributed by atoms with E-state index in [2.05, 4.69) is 10.4 Å². The van der Waals surface area contributed by atoms with Gasteiger partial charge >= 0.3 is 0 Å². The van der Waals surface area contributed by atoms with Gasteiger partial charge in [-0.3, -0.25) is 10.1 Å². The van der Waals surface area contributed by atoms with Crippen LogP contribution in [0.15, 0.2) is 12.3 Å². The third-order valence-corrected chi connectivity index (χ3v) is 1.60. The Labute approximate surface area is 81.7 Å². The number of aromatic nitrogens is 1. The second-order valence-electron chi connectivity index (χ2n) is 3.12. The van der Waals surface area contributed by atoms with Crippen LogP contribution in [0.25, 0.3) is 0 Å². The van der Waals surface area contributed by atoms with Gasteiger partial charge in [-0.1, -0.05) is 0 Å². The van der Waals surface area contributed by atoms with Gasteiger partial charge in [0.2, 0.25) is 0 Å². The Bertz CT molecular complexity index is 351. The summed E-state index contributed by atoms with van der Waals surface area (Å²) >= 11 is 0. The third-order valence-electron chi connectivity index (χ3n) is 1.60. The van der Waals surface area contributed by atoms with Gasteiger partial charge in [-0.2, -0.15) is 0 Å². The van der Waals surface area contributed by atoms with Gasteiger partial charge in [-0.05, 0) is 12.5 Å². The monoisotopic (exact) mass is 196 g/mol. The molecule has 0 bridgehead atoms. The molecule has 0 saturated carbocycles. The summed E-state index contributed by atoms with van der Waals surface area (Å²) in [5.74, 6) is 0.626. The van der Waals surface area contributed by atoms with Crippen molar-refractivity contribution in [3.8, 4) is 0 Å². The van der Waals surface area contributed by atoms with Crippen molar-refractivity contribution in [2.24, 2.45) is 0 Å². The first-order valence-corrected chi connectivity index (χ1v) is 4.05. The Morgan fingerprint density at radius 2 is 2.21 bits per heavy atom. The van der Waals surface area contributed by atoms with Crippen molar-refractivity contribution < 1.29 is 4.92 Å². The first-order chi connectivity index (χ1) is 6.50. The zero-order valence-corrected chi connectivity index (χ0v) is 8.31. The summed E-state index contributed by atoms with van der Waals surface area (Å²) in [4.78, 5) is 13.9. The van der Waals surface area contributed by atoms with Crippen molar-refractivity contribution in [3.05, 3.63) is 27.9 Å². The molecule has 0 radical (unpaired) electrons. The lowest BCUT2D eigenvalue weighted by molar-refractivity contribution is -0.385. The van der Waals surface area contributed by atoms with Crippen LogP contribution < -0.4 is 5.43 Å². The molecule has 1 heterocycles. The summed E-state index contributed by atoms with van der Waals surface area (Å²) in [5, 5.41) is 12.1. The fraction of sp³-hybridized carbons (Fsp3) is 0.375. The van der Waals surface area contributed by atoms with E-state index in [4.69, 9.17) is 0 Å². The van der Waals surface area contributed by atoms with Gasteiger partial charge in [0.05, 0.1) is 4.92 Å². The van der Waals surface area contributed by atoms with E-state index in [1.165, 1.54) is 12.3 Å². The van der Waals surface area contributed by atoms with Crippen LogP contribution in [-0.4, -0.2) is 29.0 Å². The molecule has 76 valence electrons. The standard InChI is InChI=1S/C8H12N4O2/c1-6-4-7(12(13)14)5-9-8(6)10-11(2)3/h4-5H,1-3H3,(H,9,10). The molecule has 6 heteroatoms. The Morgan fingerprint density at radius 1 is 1.57 bits per heavy atom. The summed E-state index contributed by atoms with van der Waals surface area (Å²) in [7, 11) is 3.64. The highest BCUT2D eigenvalue weighted by Gasteiger charge is 2.09. The molecule has 1 N–H and O–H groups in total. The van der Waals surface area contributed by atoms with Crippen LogP contribution in [0, 0.1) is 17.0 Å². The summed E-state index contributed by atoms with van der Waals surface area (Å²) in [6, 6.07) is 1.48. The zero-order chi connectivity index (χ0) is 10.7. The highest BCUT2D eigenvalue weighted by atomic mass is 16.6. The maximum Gasteiger partial charge on any atom is 0.287 e. The van der Waals surface area contributed by atoms with Crippen molar-refractivity contribution in [3.63, 3.8) is 0 Å². The molecule has 0 aliphatic rings. The first-order valence-electron chi connectivity index (χ1n) is 4.05. The summed E-state index contributed by atoms with van der Waals surface area (Å²) in [6.07, 6.45) is 1.23. The molecule has 0 fully saturated rings. The molecule has 0 atom stereocenters. The lowest BCUT2D eigenvalue weighted by Crippen LogP contribution is -2.21. The van der Waals surface area contributed by atoms with Crippen LogP contribution in [0.4, 0.5) is 11.5 Å². The second kappa shape index (κ2) is 4.01. The van der Waals surface area contributed by atoms with Crippen molar-refractivity contribution in [1.82, 2.24) is 9.99 Å². The number of pyridine rings is 1. The molecule has 0 aromatic carbocycles. The van der Waals surface area contributed by atoms with Crippen molar-refractivity contribution in [2.45, 2.75) is 6.92 Å². The Kier molecular flexibility index (Phi) is 2.98. The van der Waals surface area contributed by atoms with Gasteiger partial charge in [-0.15, -0.1) is 0 Å². The molecule has 1 aromatic rings. The maximum absolute atomic E-state index is 10.4. The predicted octanol–water partition coefficient (Wildman–Crippen LogP) is 1.19. The number of nitrogens with one attached hydrogen (secondary N) is 1.